The zero-order valence-electron chi connectivity index (χ0n) is 14.4. The maximum atomic E-state index is 12.1. The van der Waals surface area contributed by atoms with Crippen molar-refractivity contribution in [2.75, 3.05) is 19.0 Å². The van der Waals surface area contributed by atoms with Gasteiger partial charge in [-0.1, -0.05) is 41.9 Å². The Morgan fingerprint density at radius 3 is 2.38 bits per heavy atom. The Bertz CT molecular complexity index is 808. The highest BCUT2D eigenvalue weighted by atomic mass is 35.5. The highest BCUT2D eigenvalue weighted by molar-refractivity contribution is 6.34. The third-order valence-corrected chi connectivity index (χ3v) is 4.07. The van der Waals surface area contributed by atoms with Crippen molar-refractivity contribution in [3.8, 4) is 0 Å². The summed E-state index contributed by atoms with van der Waals surface area (Å²) < 4.78 is 4.81. The fourth-order valence-corrected chi connectivity index (χ4v) is 2.73. The number of carbonyl (C=O) groups excluding carboxylic acids is 3. The second-order valence-electron chi connectivity index (χ2n) is 5.57. The van der Waals surface area contributed by atoms with Crippen LogP contribution in [-0.4, -0.2) is 31.4 Å². The molecule has 2 aromatic carbocycles. The van der Waals surface area contributed by atoms with Gasteiger partial charge in [0.05, 0.1) is 18.1 Å². The summed E-state index contributed by atoms with van der Waals surface area (Å²) in [6, 6.07) is 13.2. The Balaban J connectivity index is 2.01. The van der Waals surface area contributed by atoms with E-state index in [1.165, 1.54) is 20.1 Å². The summed E-state index contributed by atoms with van der Waals surface area (Å²) in [5.74, 6) is -1.21. The van der Waals surface area contributed by atoms with Crippen molar-refractivity contribution in [3.05, 3.63) is 64.7 Å². The maximum Gasteiger partial charge on any atom is 0.319 e. The summed E-state index contributed by atoms with van der Waals surface area (Å²) in [4.78, 5) is 35.5. The number of methoxy groups -OCH3 is 1. The third kappa shape index (κ3) is 5.07. The number of Topliss-reactive ketones (excluding diaryl/α,β-unsaturated/α-hetero) is 1. The molecule has 2 rings (SSSR count). The van der Waals surface area contributed by atoms with Gasteiger partial charge in [0.25, 0.3) is 0 Å². The molecule has 0 saturated heterocycles. The van der Waals surface area contributed by atoms with Gasteiger partial charge in [-0.2, -0.15) is 0 Å². The number of amides is 2. The quantitative estimate of drug-likeness (QED) is 0.597. The predicted molar refractivity (Wildman–Crippen MR) is 99.7 cm³/mol. The van der Waals surface area contributed by atoms with Crippen LogP contribution in [0.25, 0.3) is 0 Å². The molecule has 0 aromatic heterocycles. The molecule has 2 aromatic rings. The summed E-state index contributed by atoms with van der Waals surface area (Å²) in [5, 5.41) is 5.51. The molecule has 6 nitrogen and oxygen atoms in total. The fraction of sp³-hybridized carbons (Fsp3) is 0.211. The first-order chi connectivity index (χ1) is 12.4. The second kappa shape index (κ2) is 9.01. The first kappa shape index (κ1) is 19.5. The number of urea groups is 1. The SMILES string of the molecule is COC(=O)[C@H](CNC(=O)Nc1ccc(C(C)=O)c(Cl)c1)c1ccccc1. The Labute approximate surface area is 156 Å². The number of carbonyl (C=O) groups is 3. The van der Waals surface area contributed by atoms with Crippen molar-refractivity contribution < 1.29 is 19.1 Å². The molecule has 136 valence electrons. The highest BCUT2D eigenvalue weighted by Gasteiger charge is 2.22. The lowest BCUT2D eigenvalue weighted by atomic mass is 9.99. The molecule has 0 aliphatic carbocycles. The Morgan fingerprint density at radius 1 is 1.12 bits per heavy atom. The monoisotopic (exact) mass is 374 g/mol. The van der Waals surface area contributed by atoms with Gasteiger partial charge < -0.3 is 15.4 Å². The zero-order chi connectivity index (χ0) is 19.1. The van der Waals surface area contributed by atoms with E-state index in [1.807, 2.05) is 18.2 Å². The third-order valence-electron chi connectivity index (χ3n) is 3.76. The molecule has 2 N–H and O–H groups in total. The molecule has 0 radical (unpaired) electrons. The molecule has 26 heavy (non-hydrogen) atoms. The van der Waals surface area contributed by atoms with Gasteiger partial charge in [0.1, 0.15) is 0 Å². The van der Waals surface area contributed by atoms with Crippen LogP contribution in [0.1, 0.15) is 28.8 Å². The van der Waals surface area contributed by atoms with E-state index in [2.05, 4.69) is 10.6 Å². The first-order valence-corrected chi connectivity index (χ1v) is 8.28. The normalized spacial score (nSPS) is 11.3. The average Bonchev–Trinajstić information content (AvgIpc) is 2.62. The number of hydrogen-bond acceptors (Lipinski definition) is 4. The second-order valence-corrected chi connectivity index (χ2v) is 5.98. The lowest BCUT2D eigenvalue weighted by molar-refractivity contribution is -0.142. The van der Waals surface area contributed by atoms with Gasteiger partial charge >= 0.3 is 12.0 Å². The minimum absolute atomic E-state index is 0.0712. The molecule has 2 amide bonds. The first-order valence-electron chi connectivity index (χ1n) is 7.90. The maximum absolute atomic E-state index is 12.1. The smallest absolute Gasteiger partial charge is 0.319 e. The topological polar surface area (TPSA) is 84.5 Å². The predicted octanol–water partition coefficient (Wildman–Crippen LogP) is 3.62. The van der Waals surface area contributed by atoms with Gasteiger partial charge in [-0.05, 0) is 30.7 Å². The van der Waals surface area contributed by atoms with Crippen molar-refractivity contribution >= 4 is 35.1 Å². The van der Waals surface area contributed by atoms with Crippen molar-refractivity contribution in [3.63, 3.8) is 0 Å². The number of anilines is 1. The van der Waals surface area contributed by atoms with Crippen LogP contribution in [0.4, 0.5) is 10.5 Å². The molecule has 0 aliphatic rings. The Hall–Kier alpha value is -2.86. The van der Waals surface area contributed by atoms with Crippen molar-refractivity contribution in [2.45, 2.75) is 12.8 Å². The van der Waals surface area contributed by atoms with Crippen molar-refractivity contribution in [1.82, 2.24) is 5.32 Å². The van der Waals surface area contributed by atoms with Gasteiger partial charge in [0, 0.05) is 17.8 Å². The molecule has 0 unspecified atom stereocenters. The van der Waals surface area contributed by atoms with Crippen LogP contribution in [-0.2, 0) is 9.53 Å². The van der Waals surface area contributed by atoms with Crippen LogP contribution in [0, 0.1) is 0 Å². The van der Waals surface area contributed by atoms with Crippen LogP contribution < -0.4 is 10.6 Å². The van der Waals surface area contributed by atoms with E-state index in [1.54, 1.807) is 24.3 Å². The molecule has 7 heteroatoms. The lowest BCUT2D eigenvalue weighted by Gasteiger charge is -2.16. The summed E-state index contributed by atoms with van der Waals surface area (Å²) in [7, 11) is 1.30. The van der Waals surface area contributed by atoms with E-state index in [0.717, 1.165) is 5.56 Å². The fourth-order valence-electron chi connectivity index (χ4n) is 2.41. The van der Waals surface area contributed by atoms with E-state index in [4.69, 9.17) is 16.3 Å². The number of benzene rings is 2. The largest absolute Gasteiger partial charge is 0.468 e. The van der Waals surface area contributed by atoms with Crippen LogP contribution >= 0.6 is 11.6 Å². The molecule has 0 bridgehead atoms. The van der Waals surface area contributed by atoms with Crippen LogP contribution in [0.3, 0.4) is 0 Å². The van der Waals surface area contributed by atoms with Gasteiger partial charge in [-0.25, -0.2) is 4.79 Å². The minimum Gasteiger partial charge on any atom is -0.468 e. The van der Waals surface area contributed by atoms with Gasteiger partial charge in [-0.3, -0.25) is 9.59 Å². The van der Waals surface area contributed by atoms with Crippen LogP contribution in [0.5, 0.6) is 0 Å². The lowest BCUT2D eigenvalue weighted by Crippen LogP contribution is -2.35. The number of halogens is 1. The van der Waals surface area contributed by atoms with E-state index in [-0.39, 0.29) is 17.4 Å². The summed E-state index contributed by atoms with van der Waals surface area (Å²) in [6.07, 6.45) is 0. The molecule has 0 spiro atoms. The number of esters is 1. The number of hydrogen-bond donors (Lipinski definition) is 2. The van der Waals surface area contributed by atoms with Crippen LogP contribution in [0.15, 0.2) is 48.5 Å². The highest BCUT2D eigenvalue weighted by Crippen LogP contribution is 2.21. The van der Waals surface area contributed by atoms with Gasteiger partial charge in [0.2, 0.25) is 0 Å². The molecular formula is C19H19ClN2O4. The van der Waals surface area contributed by atoms with E-state index in [0.29, 0.717) is 11.3 Å². The van der Waals surface area contributed by atoms with Gasteiger partial charge in [-0.15, -0.1) is 0 Å². The van der Waals surface area contributed by atoms with Crippen molar-refractivity contribution in [1.29, 1.82) is 0 Å². The zero-order valence-corrected chi connectivity index (χ0v) is 15.2. The summed E-state index contributed by atoms with van der Waals surface area (Å²) >= 11 is 6.02. The summed E-state index contributed by atoms with van der Waals surface area (Å²) in [6.45, 7) is 1.49. The number of nitrogens with one attached hydrogen (secondary N) is 2. The average molecular weight is 375 g/mol. The Morgan fingerprint density at radius 2 is 1.81 bits per heavy atom. The number of ketones is 1. The molecule has 1 atom stereocenters. The van der Waals surface area contributed by atoms with Gasteiger partial charge in [0.15, 0.2) is 5.78 Å². The Kier molecular flexibility index (Phi) is 6.74. The molecule has 0 heterocycles. The molecule has 0 saturated carbocycles. The summed E-state index contributed by atoms with van der Waals surface area (Å²) in [5.41, 5.74) is 1.56. The molecular weight excluding hydrogens is 356 g/mol. The van der Waals surface area contributed by atoms with E-state index in [9.17, 15) is 14.4 Å². The molecule has 0 aliphatic heterocycles. The number of rotatable bonds is 6. The number of ether oxygens (including phenoxy) is 1. The van der Waals surface area contributed by atoms with Crippen LogP contribution in [0.2, 0.25) is 5.02 Å². The van der Waals surface area contributed by atoms with E-state index >= 15 is 0 Å². The molecule has 0 fully saturated rings. The van der Waals surface area contributed by atoms with Crippen molar-refractivity contribution in [2.24, 2.45) is 0 Å². The minimum atomic E-state index is -0.615. The van der Waals surface area contributed by atoms with E-state index < -0.39 is 17.9 Å². The standard InChI is InChI=1S/C19H19ClN2O4/c1-12(23)15-9-8-14(10-17(15)20)22-19(25)21-11-16(18(24)26-2)13-6-4-3-5-7-13/h3-10,16H,11H2,1-2H3,(H2,21,22,25)/t16-/m1/s1.